The number of hydrogen-bond acceptors (Lipinski definition) is 4. The Morgan fingerprint density at radius 1 is 1.33 bits per heavy atom. The molecule has 0 aromatic carbocycles. The van der Waals surface area contributed by atoms with Crippen LogP contribution in [0.5, 0.6) is 0 Å². The van der Waals surface area contributed by atoms with E-state index in [1.807, 2.05) is 0 Å². The fraction of sp³-hybridized carbons (Fsp3) is 0.429. The predicted molar refractivity (Wildman–Crippen MR) is 42.7 cm³/mol. The molecule has 0 saturated carbocycles. The standard InChI is InChI=1S/C7H9N5/c1-5(2)6-3-8-4-7-9-10-11-12(6)7/h3-5H,1-2H3. The third-order valence-electron chi connectivity index (χ3n) is 1.73. The van der Waals surface area contributed by atoms with Crippen LogP contribution in [0.15, 0.2) is 12.4 Å². The summed E-state index contributed by atoms with van der Waals surface area (Å²) in [5.74, 6) is 0.379. The van der Waals surface area contributed by atoms with Gasteiger partial charge in [0.25, 0.3) is 0 Å². The highest BCUT2D eigenvalue weighted by molar-refractivity contribution is 5.32. The van der Waals surface area contributed by atoms with Gasteiger partial charge >= 0.3 is 0 Å². The van der Waals surface area contributed by atoms with Gasteiger partial charge in [0.2, 0.25) is 0 Å². The van der Waals surface area contributed by atoms with Crippen molar-refractivity contribution in [2.45, 2.75) is 19.8 Å². The van der Waals surface area contributed by atoms with Crippen LogP contribution in [0.2, 0.25) is 0 Å². The lowest BCUT2D eigenvalue weighted by atomic mass is 10.1. The number of rotatable bonds is 1. The first-order valence-corrected chi connectivity index (χ1v) is 3.81. The third kappa shape index (κ3) is 0.939. The highest BCUT2D eigenvalue weighted by atomic mass is 15.5. The largest absolute Gasteiger partial charge is 0.259 e. The smallest absolute Gasteiger partial charge is 0.197 e. The number of tetrazole rings is 1. The third-order valence-corrected chi connectivity index (χ3v) is 1.73. The van der Waals surface area contributed by atoms with Gasteiger partial charge in [-0.3, -0.25) is 4.98 Å². The maximum absolute atomic E-state index is 4.04. The molecule has 2 aromatic rings. The summed E-state index contributed by atoms with van der Waals surface area (Å²) >= 11 is 0. The number of nitrogens with zero attached hydrogens (tertiary/aromatic N) is 5. The van der Waals surface area contributed by atoms with E-state index in [-0.39, 0.29) is 0 Å². The van der Waals surface area contributed by atoms with Crippen molar-refractivity contribution in [1.82, 2.24) is 25.0 Å². The van der Waals surface area contributed by atoms with Gasteiger partial charge in [-0.25, -0.2) is 0 Å². The van der Waals surface area contributed by atoms with Gasteiger partial charge in [0, 0.05) is 6.20 Å². The van der Waals surface area contributed by atoms with Crippen LogP contribution in [0.1, 0.15) is 25.5 Å². The molecule has 2 rings (SSSR count). The summed E-state index contributed by atoms with van der Waals surface area (Å²) in [7, 11) is 0. The first-order chi connectivity index (χ1) is 5.79. The summed E-state index contributed by atoms with van der Waals surface area (Å²) in [6.07, 6.45) is 3.43. The summed E-state index contributed by atoms with van der Waals surface area (Å²) in [6.45, 7) is 4.16. The van der Waals surface area contributed by atoms with Crippen LogP contribution in [-0.4, -0.2) is 25.0 Å². The Morgan fingerprint density at radius 3 is 2.92 bits per heavy atom. The molecule has 0 spiro atoms. The van der Waals surface area contributed by atoms with Crippen LogP contribution >= 0.6 is 0 Å². The number of aromatic nitrogens is 5. The second-order valence-corrected chi connectivity index (χ2v) is 2.94. The van der Waals surface area contributed by atoms with Crippen LogP contribution in [0, 0.1) is 0 Å². The molecule has 0 saturated heterocycles. The Morgan fingerprint density at radius 2 is 2.17 bits per heavy atom. The van der Waals surface area contributed by atoms with Crippen molar-refractivity contribution in [3.05, 3.63) is 18.1 Å². The molecule has 5 heteroatoms. The first kappa shape index (κ1) is 7.15. The molecule has 0 aliphatic carbocycles. The Labute approximate surface area is 69.4 Å². The van der Waals surface area contributed by atoms with Gasteiger partial charge in [0.15, 0.2) is 5.65 Å². The van der Waals surface area contributed by atoms with Crippen LogP contribution in [0.4, 0.5) is 0 Å². The van der Waals surface area contributed by atoms with Gasteiger partial charge < -0.3 is 0 Å². The summed E-state index contributed by atoms with van der Waals surface area (Å²) in [4.78, 5) is 4.04. The van der Waals surface area contributed by atoms with E-state index >= 15 is 0 Å². The molecule has 0 amide bonds. The molecular formula is C7H9N5. The van der Waals surface area contributed by atoms with Crippen LogP contribution in [0.25, 0.3) is 5.65 Å². The Hall–Kier alpha value is -1.52. The first-order valence-electron chi connectivity index (χ1n) is 3.81. The summed E-state index contributed by atoms with van der Waals surface area (Å²) < 4.78 is 1.71. The highest BCUT2D eigenvalue weighted by Gasteiger charge is 2.06. The van der Waals surface area contributed by atoms with Crippen molar-refractivity contribution in [3.8, 4) is 0 Å². The van der Waals surface area contributed by atoms with Crippen molar-refractivity contribution >= 4 is 5.65 Å². The summed E-state index contributed by atoms with van der Waals surface area (Å²) in [5, 5.41) is 11.2. The monoisotopic (exact) mass is 163 g/mol. The Balaban J connectivity index is 2.73. The average molecular weight is 163 g/mol. The fourth-order valence-electron chi connectivity index (χ4n) is 1.09. The molecular weight excluding hydrogens is 154 g/mol. The normalized spacial score (nSPS) is 11.2. The zero-order valence-corrected chi connectivity index (χ0v) is 6.97. The Kier molecular flexibility index (Phi) is 1.49. The SMILES string of the molecule is CC(C)c1cncc2nnnn12. The zero-order valence-electron chi connectivity index (χ0n) is 6.97. The second-order valence-electron chi connectivity index (χ2n) is 2.94. The van der Waals surface area contributed by atoms with Gasteiger partial charge in [-0.15, -0.1) is 5.10 Å². The fourth-order valence-corrected chi connectivity index (χ4v) is 1.09. The number of fused-ring (bicyclic) bond motifs is 1. The minimum atomic E-state index is 0.379. The van der Waals surface area contributed by atoms with E-state index in [0.717, 1.165) is 5.69 Å². The quantitative estimate of drug-likeness (QED) is 0.619. The highest BCUT2D eigenvalue weighted by Crippen LogP contribution is 2.11. The lowest BCUT2D eigenvalue weighted by Crippen LogP contribution is -2.01. The van der Waals surface area contributed by atoms with E-state index in [0.29, 0.717) is 11.6 Å². The van der Waals surface area contributed by atoms with Crippen molar-refractivity contribution in [2.75, 3.05) is 0 Å². The van der Waals surface area contributed by atoms with E-state index in [9.17, 15) is 0 Å². The predicted octanol–water partition coefficient (Wildman–Crippen LogP) is 0.643. The zero-order chi connectivity index (χ0) is 8.55. The average Bonchev–Trinajstić information content (AvgIpc) is 2.49. The molecule has 0 radical (unpaired) electrons. The van der Waals surface area contributed by atoms with Gasteiger partial charge in [-0.2, -0.15) is 4.52 Å². The van der Waals surface area contributed by atoms with Crippen LogP contribution < -0.4 is 0 Å². The molecule has 0 unspecified atom stereocenters. The lowest BCUT2D eigenvalue weighted by molar-refractivity contribution is 0.717. The van der Waals surface area contributed by atoms with Crippen LogP contribution in [-0.2, 0) is 0 Å². The molecule has 0 atom stereocenters. The van der Waals surface area contributed by atoms with E-state index < -0.39 is 0 Å². The summed E-state index contributed by atoms with van der Waals surface area (Å²) in [6, 6.07) is 0. The van der Waals surface area contributed by atoms with E-state index in [1.165, 1.54) is 0 Å². The maximum Gasteiger partial charge on any atom is 0.197 e. The molecule has 5 nitrogen and oxygen atoms in total. The summed E-state index contributed by atoms with van der Waals surface area (Å²) in [5.41, 5.74) is 1.72. The molecule has 2 heterocycles. The minimum Gasteiger partial charge on any atom is -0.259 e. The van der Waals surface area contributed by atoms with Crippen molar-refractivity contribution in [1.29, 1.82) is 0 Å². The molecule has 62 valence electrons. The van der Waals surface area contributed by atoms with Gasteiger partial charge in [-0.05, 0) is 16.3 Å². The van der Waals surface area contributed by atoms with Crippen molar-refractivity contribution < 1.29 is 0 Å². The Bertz CT molecular complexity index is 391. The van der Waals surface area contributed by atoms with E-state index in [2.05, 4.69) is 34.4 Å². The molecule has 0 bridgehead atoms. The van der Waals surface area contributed by atoms with Gasteiger partial charge in [-0.1, -0.05) is 13.8 Å². The molecule has 2 aromatic heterocycles. The van der Waals surface area contributed by atoms with Gasteiger partial charge in [0.1, 0.15) is 0 Å². The van der Waals surface area contributed by atoms with Crippen molar-refractivity contribution in [3.63, 3.8) is 0 Å². The van der Waals surface area contributed by atoms with Crippen molar-refractivity contribution in [2.24, 2.45) is 0 Å². The molecule has 0 aliphatic heterocycles. The molecule has 12 heavy (non-hydrogen) atoms. The number of hydrogen-bond donors (Lipinski definition) is 0. The minimum absolute atomic E-state index is 0.379. The topological polar surface area (TPSA) is 56.0 Å². The van der Waals surface area contributed by atoms with E-state index in [4.69, 9.17) is 0 Å². The lowest BCUT2D eigenvalue weighted by Gasteiger charge is -2.04. The van der Waals surface area contributed by atoms with Gasteiger partial charge in [0.05, 0.1) is 11.9 Å². The van der Waals surface area contributed by atoms with Crippen LogP contribution in [0.3, 0.4) is 0 Å². The van der Waals surface area contributed by atoms with E-state index in [1.54, 1.807) is 16.9 Å². The molecule has 0 aliphatic rings. The molecule has 0 fully saturated rings. The second kappa shape index (κ2) is 2.51. The molecule has 0 N–H and O–H groups in total. The maximum atomic E-state index is 4.04.